The standard InChI is InChI=1S/C16H14BrFO3/c1-10(19)14-5-3-12(18)8-16(14)21-9-11-7-13(20-2)4-6-15(11)17/h3-8H,9H2,1-2H3. The molecule has 0 fully saturated rings. The van der Waals surface area contributed by atoms with E-state index in [0.29, 0.717) is 11.3 Å². The first-order valence-electron chi connectivity index (χ1n) is 6.27. The van der Waals surface area contributed by atoms with E-state index >= 15 is 0 Å². The second-order valence-electron chi connectivity index (χ2n) is 4.44. The van der Waals surface area contributed by atoms with Crippen molar-refractivity contribution < 1.29 is 18.7 Å². The summed E-state index contributed by atoms with van der Waals surface area (Å²) in [5, 5.41) is 0. The minimum absolute atomic E-state index is 0.172. The fourth-order valence-electron chi connectivity index (χ4n) is 1.85. The van der Waals surface area contributed by atoms with Crippen LogP contribution >= 0.6 is 15.9 Å². The number of methoxy groups -OCH3 is 1. The molecule has 110 valence electrons. The van der Waals surface area contributed by atoms with Crippen LogP contribution in [0.5, 0.6) is 11.5 Å². The van der Waals surface area contributed by atoms with Crippen molar-refractivity contribution in [1.82, 2.24) is 0 Å². The molecular weight excluding hydrogens is 339 g/mol. The number of hydrogen-bond acceptors (Lipinski definition) is 3. The zero-order chi connectivity index (χ0) is 15.4. The van der Waals surface area contributed by atoms with Crippen molar-refractivity contribution in [3.05, 3.63) is 57.8 Å². The Bertz CT molecular complexity index is 671. The SMILES string of the molecule is COc1ccc(Br)c(COc2cc(F)ccc2C(C)=O)c1. The minimum atomic E-state index is -0.445. The monoisotopic (exact) mass is 352 g/mol. The molecular formula is C16H14BrFO3. The maximum Gasteiger partial charge on any atom is 0.163 e. The van der Waals surface area contributed by atoms with Crippen LogP contribution in [0.2, 0.25) is 0 Å². The normalized spacial score (nSPS) is 10.3. The number of hydrogen-bond donors (Lipinski definition) is 0. The highest BCUT2D eigenvalue weighted by atomic mass is 79.9. The van der Waals surface area contributed by atoms with Gasteiger partial charge in [-0.3, -0.25) is 4.79 Å². The third-order valence-electron chi connectivity index (χ3n) is 2.96. The van der Waals surface area contributed by atoms with Crippen molar-refractivity contribution in [2.24, 2.45) is 0 Å². The first kappa shape index (κ1) is 15.5. The fraction of sp³-hybridized carbons (Fsp3) is 0.188. The molecule has 0 aromatic heterocycles. The number of carbonyl (C=O) groups is 1. The van der Waals surface area contributed by atoms with Crippen LogP contribution in [-0.4, -0.2) is 12.9 Å². The molecule has 0 spiro atoms. The third-order valence-corrected chi connectivity index (χ3v) is 3.73. The van der Waals surface area contributed by atoms with Gasteiger partial charge in [-0.2, -0.15) is 0 Å². The van der Waals surface area contributed by atoms with E-state index in [1.807, 2.05) is 18.2 Å². The number of ketones is 1. The first-order chi connectivity index (χ1) is 10.0. The summed E-state index contributed by atoms with van der Waals surface area (Å²) in [6, 6.07) is 9.35. The summed E-state index contributed by atoms with van der Waals surface area (Å²) < 4.78 is 24.9. The Morgan fingerprint density at radius 2 is 2.00 bits per heavy atom. The Hall–Kier alpha value is -1.88. The molecule has 0 atom stereocenters. The molecule has 0 unspecified atom stereocenters. The first-order valence-corrected chi connectivity index (χ1v) is 7.06. The van der Waals surface area contributed by atoms with Gasteiger partial charge < -0.3 is 9.47 Å². The topological polar surface area (TPSA) is 35.5 Å². The highest BCUT2D eigenvalue weighted by molar-refractivity contribution is 9.10. The van der Waals surface area contributed by atoms with Crippen molar-refractivity contribution in [1.29, 1.82) is 0 Å². The van der Waals surface area contributed by atoms with Gasteiger partial charge in [-0.05, 0) is 37.3 Å². The predicted molar refractivity (Wildman–Crippen MR) is 81.4 cm³/mol. The molecule has 2 aromatic carbocycles. The van der Waals surface area contributed by atoms with Crippen LogP contribution in [-0.2, 0) is 6.61 Å². The van der Waals surface area contributed by atoms with Crippen LogP contribution in [0.1, 0.15) is 22.8 Å². The lowest BCUT2D eigenvalue weighted by molar-refractivity contribution is 0.101. The lowest BCUT2D eigenvalue weighted by Gasteiger charge is -2.12. The van der Waals surface area contributed by atoms with Gasteiger partial charge in [-0.1, -0.05) is 15.9 Å². The summed E-state index contributed by atoms with van der Waals surface area (Å²) >= 11 is 3.42. The van der Waals surface area contributed by atoms with E-state index in [0.717, 1.165) is 10.0 Å². The Kier molecular flexibility index (Phi) is 4.96. The number of benzene rings is 2. The molecule has 0 amide bonds. The Morgan fingerprint density at radius 3 is 2.67 bits per heavy atom. The van der Waals surface area contributed by atoms with Crippen molar-refractivity contribution in [3.63, 3.8) is 0 Å². The molecule has 0 aliphatic rings. The van der Waals surface area contributed by atoms with E-state index in [1.54, 1.807) is 7.11 Å². The van der Waals surface area contributed by atoms with E-state index in [-0.39, 0.29) is 18.1 Å². The van der Waals surface area contributed by atoms with Crippen LogP contribution in [0.15, 0.2) is 40.9 Å². The van der Waals surface area contributed by atoms with Crippen LogP contribution < -0.4 is 9.47 Å². The van der Waals surface area contributed by atoms with Gasteiger partial charge in [0.1, 0.15) is 23.9 Å². The average Bonchev–Trinajstić information content (AvgIpc) is 2.46. The second-order valence-corrected chi connectivity index (χ2v) is 5.30. The van der Waals surface area contributed by atoms with Gasteiger partial charge in [0.15, 0.2) is 5.78 Å². The molecule has 2 aromatic rings. The largest absolute Gasteiger partial charge is 0.497 e. The molecule has 0 heterocycles. The second kappa shape index (κ2) is 6.72. The molecule has 5 heteroatoms. The van der Waals surface area contributed by atoms with Gasteiger partial charge in [0.05, 0.1) is 12.7 Å². The summed E-state index contributed by atoms with van der Waals surface area (Å²) in [7, 11) is 1.58. The fourth-order valence-corrected chi connectivity index (χ4v) is 2.21. The quantitative estimate of drug-likeness (QED) is 0.749. The van der Waals surface area contributed by atoms with Crippen LogP contribution in [0.25, 0.3) is 0 Å². The van der Waals surface area contributed by atoms with Crippen LogP contribution in [0.4, 0.5) is 4.39 Å². The Balaban J connectivity index is 2.24. The highest BCUT2D eigenvalue weighted by Crippen LogP contribution is 2.26. The molecule has 2 rings (SSSR count). The molecule has 0 aliphatic heterocycles. The van der Waals surface area contributed by atoms with Gasteiger partial charge in [-0.25, -0.2) is 4.39 Å². The Morgan fingerprint density at radius 1 is 1.24 bits per heavy atom. The van der Waals surface area contributed by atoms with Gasteiger partial charge in [0.2, 0.25) is 0 Å². The lowest BCUT2D eigenvalue weighted by Crippen LogP contribution is -2.03. The van der Waals surface area contributed by atoms with Gasteiger partial charge in [0.25, 0.3) is 0 Å². The van der Waals surface area contributed by atoms with Gasteiger partial charge in [-0.15, -0.1) is 0 Å². The van der Waals surface area contributed by atoms with Crippen molar-refractivity contribution in [2.45, 2.75) is 13.5 Å². The summed E-state index contributed by atoms with van der Waals surface area (Å²) in [5.74, 6) is 0.314. The molecule has 0 saturated carbocycles. The summed E-state index contributed by atoms with van der Waals surface area (Å²) in [6.45, 7) is 1.61. The summed E-state index contributed by atoms with van der Waals surface area (Å²) in [4.78, 5) is 11.5. The number of ether oxygens (including phenoxy) is 2. The van der Waals surface area contributed by atoms with Crippen LogP contribution in [0, 0.1) is 5.82 Å². The molecule has 0 aliphatic carbocycles. The number of rotatable bonds is 5. The highest BCUT2D eigenvalue weighted by Gasteiger charge is 2.11. The molecule has 3 nitrogen and oxygen atoms in total. The Labute approximate surface area is 130 Å². The summed E-state index contributed by atoms with van der Waals surface area (Å²) in [6.07, 6.45) is 0. The van der Waals surface area contributed by atoms with E-state index in [2.05, 4.69) is 15.9 Å². The van der Waals surface area contributed by atoms with E-state index < -0.39 is 5.82 Å². The zero-order valence-electron chi connectivity index (χ0n) is 11.7. The van der Waals surface area contributed by atoms with E-state index in [4.69, 9.17) is 9.47 Å². The number of halogens is 2. The molecule has 0 saturated heterocycles. The number of carbonyl (C=O) groups excluding carboxylic acids is 1. The number of Topliss-reactive ketones (excluding diaryl/α,β-unsaturated/α-hetero) is 1. The van der Waals surface area contributed by atoms with E-state index in [1.165, 1.54) is 25.1 Å². The molecule has 0 N–H and O–H groups in total. The maximum absolute atomic E-state index is 13.3. The average molecular weight is 353 g/mol. The smallest absolute Gasteiger partial charge is 0.163 e. The zero-order valence-corrected chi connectivity index (χ0v) is 13.2. The third kappa shape index (κ3) is 3.82. The molecule has 0 radical (unpaired) electrons. The molecule has 21 heavy (non-hydrogen) atoms. The van der Waals surface area contributed by atoms with Crippen LogP contribution in [0.3, 0.4) is 0 Å². The minimum Gasteiger partial charge on any atom is -0.497 e. The molecule has 0 bridgehead atoms. The van der Waals surface area contributed by atoms with Gasteiger partial charge in [0, 0.05) is 16.1 Å². The van der Waals surface area contributed by atoms with Crippen molar-refractivity contribution in [3.8, 4) is 11.5 Å². The predicted octanol–water partition coefficient (Wildman–Crippen LogP) is 4.38. The maximum atomic E-state index is 13.3. The van der Waals surface area contributed by atoms with Crippen molar-refractivity contribution in [2.75, 3.05) is 7.11 Å². The van der Waals surface area contributed by atoms with Gasteiger partial charge >= 0.3 is 0 Å². The van der Waals surface area contributed by atoms with E-state index in [9.17, 15) is 9.18 Å². The van der Waals surface area contributed by atoms with Crippen molar-refractivity contribution >= 4 is 21.7 Å². The lowest BCUT2D eigenvalue weighted by atomic mass is 10.1. The summed E-state index contributed by atoms with van der Waals surface area (Å²) in [5.41, 5.74) is 1.20.